The maximum absolute atomic E-state index is 5.02. The van der Waals surface area contributed by atoms with E-state index in [4.69, 9.17) is 19.9 Å². The number of nitrogens with zero attached hydrogens (tertiary/aromatic N) is 4. The lowest BCUT2D eigenvalue weighted by Gasteiger charge is -2.24. The minimum absolute atomic E-state index is 0.251. The third kappa shape index (κ3) is 7.52. The van der Waals surface area contributed by atoms with Gasteiger partial charge in [-0.05, 0) is 184 Å². The Labute approximate surface area is 477 Å². The molecule has 386 valence electrons. The standard InChI is InChI=1S/C78H54N4/c1-77(2)69-43-51(21-25-65(69)67-27-23-53(45-71(67)77)55-37-57(73-61-17-9-5-13-47(61)29-33-79-73)41-58(38-55)74-62-18-10-6-14-48(62)30-34-80-74)52-22-26-66-68-28-24-54(46-72(68)78(3,4)70(66)44-52)56-39-59(75-63-19-11-7-15-49(63)31-35-81-75)42-60(40-56)76-64-20-12-8-16-50(64)32-36-82-76/h5-46H,1-4H3. The Bertz CT molecular complexity index is 4470. The number of rotatable bonds is 7. The molecule has 14 aromatic rings. The first-order valence-corrected chi connectivity index (χ1v) is 28.4. The molecule has 4 aromatic heterocycles. The molecule has 10 aromatic carbocycles. The van der Waals surface area contributed by atoms with E-state index in [1.54, 1.807) is 0 Å². The molecule has 2 aliphatic rings. The summed E-state index contributed by atoms with van der Waals surface area (Å²) in [5.41, 5.74) is 25.2. The highest BCUT2D eigenvalue weighted by atomic mass is 14.7. The van der Waals surface area contributed by atoms with Crippen molar-refractivity contribution in [1.82, 2.24) is 19.9 Å². The van der Waals surface area contributed by atoms with E-state index < -0.39 is 0 Å². The van der Waals surface area contributed by atoms with E-state index in [0.717, 1.165) is 77.7 Å². The zero-order chi connectivity index (χ0) is 54.8. The third-order valence-corrected chi connectivity index (χ3v) is 18.0. The first kappa shape index (κ1) is 47.8. The first-order valence-electron chi connectivity index (χ1n) is 28.4. The van der Waals surface area contributed by atoms with E-state index in [1.807, 2.05) is 24.8 Å². The zero-order valence-corrected chi connectivity index (χ0v) is 46.0. The summed E-state index contributed by atoms with van der Waals surface area (Å²) in [6.45, 7) is 9.57. The summed E-state index contributed by atoms with van der Waals surface area (Å²) in [7, 11) is 0. The maximum Gasteiger partial charge on any atom is 0.0780 e. The second kappa shape index (κ2) is 18.2. The van der Waals surface area contributed by atoms with Crippen LogP contribution in [0.1, 0.15) is 49.9 Å². The predicted octanol–water partition coefficient (Wildman–Crippen LogP) is 20.2. The molecule has 2 aliphatic carbocycles. The van der Waals surface area contributed by atoms with Gasteiger partial charge in [0.25, 0.3) is 0 Å². The highest BCUT2D eigenvalue weighted by Gasteiger charge is 2.38. The minimum Gasteiger partial charge on any atom is -0.256 e. The fraction of sp³-hybridized carbons (Fsp3) is 0.0769. The summed E-state index contributed by atoms with van der Waals surface area (Å²) in [5.74, 6) is 0. The molecule has 4 nitrogen and oxygen atoms in total. The van der Waals surface area contributed by atoms with Gasteiger partial charge in [0, 0.05) is 79.4 Å². The number of aromatic nitrogens is 4. The number of pyridine rings is 4. The average molecular weight is 1050 g/mol. The van der Waals surface area contributed by atoms with E-state index in [9.17, 15) is 0 Å². The molecule has 16 rings (SSSR count). The second-order valence-electron chi connectivity index (χ2n) is 23.4. The molecule has 0 N–H and O–H groups in total. The topological polar surface area (TPSA) is 51.6 Å². The van der Waals surface area contributed by atoms with Gasteiger partial charge < -0.3 is 0 Å². The summed E-state index contributed by atoms with van der Waals surface area (Å²) in [6, 6.07) is 84.8. The van der Waals surface area contributed by atoms with Gasteiger partial charge in [0.1, 0.15) is 0 Å². The number of fused-ring (bicyclic) bond motifs is 10. The molecule has 0 aliphatic heterocycles. The SMILES string of the molecule is CC1(C)c2cc(-c3cc(-c4nccc5ccccc45)cc(-c4nccc5ccccc45)c3)ccc2-c2ccc(-c3ccc4c(c3)C(C)(C)c3cc(-c5cc(-c6nccc7ccccc67)cc(-c6nccc7ccccc67)c5)ccc3-4)cc21. The van der Waals surface area contributed by atoms with Crippen molar-refractivity contribution >= 4 is 43.1 Å². The van der Waals surface area contributed by atoms with Crippen molar-refractivity contribution in [3.05, 3.63) is 278 Å². The number of hydrogen-bond acceptors (Lipinski definition) is 4. The summed E-state index contributed by atoms with van der Waals surface area (Å²) in [4.78, 5) is 20.1. The first-order chi connectivity index (χ1) is 40.1. The van der Waals surface area contributed by atoms with E-state index in [-0.39, 0.29) is 10.8 Å². The fourth-order valence-corrected chi connectivity index (χ4v) is 13.7. The summed E-state index contributed by atoms with van der Waals surface area (Å²) in [5, 5.41) is 9.19. The summed E-state index contributed by atoms with van der Waals surface area (Å²) < 4.78 is 0. The van der Waals surface area contributed by atoms with Crippen molar-refractivity contribution < 1.29 is 0 Å². The molecule has 0 atom stereocenters. The fourth-order valence-electron chi connectivity index (χ4n) is 13.7. The van der Waals surface area contributed by atoms with Crippen molar-refractivity contribution in [2.45, 2.75) is 38.5 Å². The summed E-state index contributed by atoms with van der Waals surface area (Å²) in [6.07, 6.45) is 7.70. The van der Waals surface area contributed by atoms with Crippen LogP contribution in [0.15, 0.2) is 255 Å². The molecule has 0 unspecified atom stereocenters. The Hall–Kier alpha value is -10.2. The van der Waals surface area contributed by atoms with Crippen LogP contribution in [0, 0.1) is 0 Å². The van der Waals surface area contributed by atoms with Gasteiger partial charge in [-0.2, -0.15) is 0 Å². The average Bonchev–Trinajstić information content (AvgIpc) is 4.16. The van der Waals surface area contributed by atoms with Crippen LogP contribution < -0.4 is 0 Å². The van der Waals surface area contributed by atoms with Crippen LogP contribution in [0.25, 0.3) is 144 Å². The highest BCUT2D eigenvalue weighted by Crippen LogP contribution is 2.54. The minimum atomic E-state index is -0.251. The lowest BCUT2D eigenvalue weighted by atomic mass is 9.79. The van der Waals surface area contributed by atoms with E-state index >= 15 is 0 Å². The molecule has 0 spiro atoms. The van der Waals surface area contributed by atoms with Crippen LogP contribution in [-0.4, -0.2) is 19.9 Å². The van der Waals surface area contributed by atoms with Gasteiger partial charge in [-0.25, -0.2) is 0 Å². The largest absolute Gasteiger partial charge is 0.256 e. The van der Waals surface area contributed by atoms with Crippen molar-refractivity contribution in [1.29, 1.82) is 0 Å². The molecule has 4 heterocycles. The molecule has 0 radical (unpaired) electrons. The lowest BCUT2D eigenvalue weighted by molar-refractivity contribution is 0.660. The molecule has 0 bridgehead atoms. The Morgan fingerprint density at radius 3 is 0.720 bits per heavy atom. The van der Waals surface area contributed by atoms with Crippen molar-refractivity contribution in [2.24, 2.45) is 0 Å². The smallest absolute Gasteiger partial charge is 0.0780 e. The van der Waals surface area contributed by atoms with Crippen LogP contribution >= 0.6 is 0 Å². The highest BCUT2D eigenvalue weighted by molar-refractivity contribution is 6.02. The van der Waals surface area contributed by atoms with Gasteiger partial charge >= 0.3 is 0 Å². The van der Waals surface area contributed by atoms with Crippen molar-refractivity contribution in [2.75, 3.05) is 0 Å². The van der Waals surface area contributed by atoms with Gasteiger partial charge in [0.2, 0.25) is 0 Å². The Morgan fingerprint density at radius 1 is 0.220 bits per heavy atom. The van der Waals surface area contributed by atoms with Crippen LogP contribution in [0.4, 0.5) is 0 Å². The van der Waals surface area contributed by atoms with Crippen molar-refractivity contribution in [3.8, 4) is 101 Å². The normalized spacial score (nSPS) is 13.6. The Kier molecular flexibility index (Phi) is 10.6. The van der Waals surface area contributed by atoms with Gasteiger partial charge in [0.05, 0.1) is 22.8 Å². The van der Waals surface area contributed by atoms with Crippen molar-refractivity contribution in [3.63, 3.8) is 0 Å². The van der Waals surface area contributed by atoms with Crippen LogP contribution in [0.2, 0.25) is 0 Å². The molecule has 82 heavy (non-hydrogen) atoms. The molecule has 0 amide bonds. The summed E-state index contributed by atoms with van der Waals surface area (Å²) >= 11 is 0. The van der Waals surface area contributed by atoms with E-state index in [1.165, 1.54) is 88.3 Å². The number of hydrogen-bond donors (Lipinski definition) is 0. The monoisotopic (exact) mass is 1050 g/mol. The number of benzene rings is 10. The van der Waals surface area contributed by atoms with E-state index in [0.29, 0.717) is 0 Å². The molecular formula is C78H54N4. The molecular weight excluding hydrogens is 993 g/mol. The Morgan fingerprint density at radius 2 is 0.451 bits per heavy atom. The maximum atomic E-state index is 5.02. The third-order valence-electron chi connectivity index (χ3n) is 18.0. The van der Waals surface area contributed by atoms with Crippen LogP contribution in [0.3, 0.4) is 0 Å². The lowest BCUT2D eigenvalue weighted by Crippen LogP contribution is -2.15. The molecule has 0 fully saturated rings. The van der Waals surface area contributed by atoms with E-state index in [2.05, 4.69) is 258 Å². The van der Waals surface area contributed by atoms with Gasteiger partial charge in [0.15, 0.2) is 0 Å². The molecule has 4 heteroatoms. The second-order valence-corrected chi connectivity index (χ2v) is 23.4. The molecule has 0 saturated carbocycles. The van der Waals surface area contributed by atoms with Crippen LogP contribution in [0.5, 0.6) is 0 Å². The predicted molar refractivity (Wildman–Crippen MR) is 341 cm³/mol. The van der Waals surface area contributed by atoms with Gasteiger partial charge in [-0.15, -0.1) is 0 Å². The van der Waals surface area contributed by atoms with Crippen LogP contribution in [-0.2, 0) is 10.8 Å². The molecule has 0 saturated heterocycles. The zero-order valence-electron chi connectivity index (χ0n) is 46.0. The van der Waals surface area contributed by atoms with Gasteiger partial charge in [-0.3, -0.25) is 19.9 Å². The Balaban J connectivity index is 0.753. The quantitative estimate of drug-likeness (QED) is 0.160. The van der Waals surface area contributed by atoms with Gasteiger partial charge in [-0.1, -0.05) is 173 Å².